The number of aromatic nitrogens is 2. The van der Waals surface area contributed by atoms with Crippen LogP contribution in [0.4, 0.5) is 5.69 Å². The minimum atomic E-state index is -0.0825. The highest BCUT2D eigenvalue weighted by Crippen LogP contribution is 2.18. The zero-order valence-electron chi connectivity index (χ0n) is 15.9. The normalized spacial score (nSPS) is 10.8. The molecule has 27 heavy (non-hydrogen) atoms. The summed E-state index contributed by atoms with van der Waals surface area (Å²) in [6.07, 6.45) is 1.73. The van der Waals surface area contributed by atoms with Crippen molar-refractivity contribution in [3.05, 3.63) is 63.4 Å². The number of nitrogens with zero attached hydrogens (tertiary/aromatic N) is 3. The lowest BCUT2D eigenvalue weighted by atomic mass is 10.1. The van der Waals surface area contributed by atoms with E-state index < -0.39 is 0 Å². The van der Waals surface area contributed by atoms with Crippen molar-refractivity contribution in [2.24, 2.45) is 0 Å². The number of aryl methyl sites for hydroxylation is 2. The van der Waals surface area contributed by atoms with Gasteiger partial charge >= 0.3 is 0 Å². The molecule has 0 saturated carbocycles. The minimum Gasteiger partial charge on any atom is -0.380 e. The Bertz CT molecular complexity index is 903. The van der Waals surface area contributed by atoms with Gasteiger partial charge in [0.1, 0.15) is 0 Å². The van der Waals surface area contributed by atoms with Crippen LogP contribution >= 0.6 is 11.3 Å². The van der Waals surface area contributed by atoms with Gasteiger partial charge in [0.15, 0.2) is 5.82 Å². The zero-order valence-corrected chi connectivity index (χ0v) is 16.7. The third kappa shape index (κ3) is 5.17. The van der Waals surface area contributed by atoms with E-state index in [1.54, 1.807) is 23.3 Å². The van der Waals surface area contributed by atoms with Crippen LogP contribution in [-0.2, 0) is 19.5 Å². The summed E-state index contributed by atoms with van der Waals surface area (Å²) in [4.78, 5) is 21.2. The van der Waals surface area contributed by atoms with Crippen molar-refractivity contribution >= 4 is 22.9 Å². The second-order valence-electron chi connectivity index (χ2n) is 6.46. The fourth-order valence-corrected chi connectivity index (χ4v) is 3.54. The van der Waals surface area contributed by atoms with Gasteiger partial charge in [-0.05, 0) is 43.7 Å². The number of rotatable bonds is 8. The first kappa shape index (κ1) is 19.1. The number of amides is 1. The number of anilines is 1. The number of hydrogen-bond acceptors (Lipinski definition) is 6. The summed E-state index contributed by atoms with van der Waals surface area (Å²) >= 11 is 1.77. The van der Waals surface area contributed by atoms with Crippen molar-refractivity contribution in [2.75, 3.05) is 12.4 Å². The van der Waals surface area contributed by atoms with Crippen molar-refractivity contribution in [2.45, 2.75) is 39.8 Å². The average molecular weight is 385 g/mol. The van der Waals surface area contributed by atoms with Gasteiger partial charge in [0.2, 0.25) is 5.89 Å². The molecule has 3 aromatic rings. The third-order valence-corrected chi connectivity index (χ3v) is 5.08. The van der Waals surface area contributed by atoms with Gasteiger partial charge in [-0.15, -0.1) is 11.3 Å². The standard InChI is InChI=1S/C20H24N4O2S/c1-4-6-18-22-19(26-23-18)13-24(3)20(25)15-7-5-8-16(11-15)21-12-17-10-9-14(2)27-17/h5,7-11,21H,4,6,12-13H2,1-3H3. The Kier molecular flexibility index (Phi) is 6.24. The molecule has 3 rings (SSSR count). The molecule has 7 heteroatoms. The Hall–Kier alpha value is -2.67. The van der Waals surface area contributed by atoms with Crippen LogP contribution < -0.4 is 5.32 Å². The zero-order chi connectivity index (χ0) is 19.2. The summed E-state index contributed by atoms with van der Waals surface area (Å²) in [5, 5.41) is 7.30. The van der Waals surface area contributed by atoms with Crippen LogP contribution in [-0.4, -0.2) is 28.0 Å². The summed E-state index contributed by atoms with van der Waals surface area (Å²) < 4.78 is 5.22. The maximum atomic E-state index is 12.7. The van der Waals surface area contributed by atoms with E-state index in [0.29, 0.717) is 23.8 Å². The van der Waals surface area contributed by atoms with Gasteiger partial charge in [-0.3, -0.25) is 4.79 Å². The lowest BCUT2D eigenvalue weighted by Gasteiger charge is -2.15. The Morgan fingerprint density at radius 1 is 1.30 bits per heavy atom. The van der Waals surface area contributed by atoms with E-state index in [1.165, 1.54) is 9.75 Å². The molecule has 2 aromatic heterocycles. The van der Waals surface area contributed by atoms with Crippen LogP contribution in [0.25, 0.3) is 0 Å². The fourth-order valence-electron chi connectivity index (χ4n) is 2.71. The van der Waals surface area contributed by atoms with E-state index in [9.17, 15) is 4.79 Å². The van der Waals surface area contributed by atoms with Gasteiger partial charge in [0.25, 0.3) is 5.91 Å². The van der Waals surface area contributed by atoms with Crippen molar-refractivity contribution in [3.8, 4) is 0 Å². The average Bonchev–Trinajstić information content (AvgIpc) is 3.28. The molecule has 2 heterocycles. The molecule has 1 aromatic carbocycles. The maximum Gasteiger partial charge on any atom is 0.254 e. The Labute approximate surface area is 163 Å². The van der Waals surface area contributed by atoms with E-state index >= 15 is 0 Å². The van der Waals surface area contributed by atoms with Crippen molar-refractivity contribution in [1.29, 1.82) is 0 Å². The second kappa shape index (κ2) is 8.81. The van der Waals surface area contributed by atoms with Gasteiger partial charge in [-0.25, -0.2) is 0 Å². The van der Waals surface area contributed by atoms with Crippen LogP contribution in [0, 0.1) is 6.92 Å². The first-order valence-corrected chi connectivity index (χ1v) is 9.83. The van der Waals surface area contributed by atoms with Crippen LogP contribution in [0.15, 0.2) is 40.9 Å². The molecule has 0 aliphatic heterocycles. The fraction of sp³-hybridized carbons (Fsp3) is 0.350. The van der Waals surface area contributed by atoms with Crippen LogP contribution in [0.1, 0.15) is 45.2 Å². The summed E-state index contributed by atoms with van der Waals surface area (Å²) in [6, 6.07) is 11.8. The largest absolute Gasteiger partial charge is 0.380 e. The van der Waals surface area contributed by atoms with Crippen LogP contribution in [0.3, 0.4) is 0 Å². The first-order chi connectivity index (χ1) is 13.0. The Morgan fingerprint density at radius 3 is 2.89 bits per heavy atom. The molecule has 0 unspecified atom stereocenters. The van der Waals surface area contributed by atoms with E-state index in [2.05, 4.69) is 41.4 Å². The third-order valence-electron chi connectivity index (χ3n) is 4.08. The summed E-state index contributed by atoms with van der Waals surface area (Å²) in [6.45, 7) is 5.19. The molecule has 0 spiro atoms. The van der Waals surface area contributed by atoms with Crippen molar-refractivity contribution in [3.63, 3.8) is 0 Å². The van der Waals surface area contributed by atoms with Gasteiger partial charge in [0.05, 0.1) is 6.54 Å². The van der Waals surface area contributed by atoms with E-state index in [0.717, 1.165) is 25.1 Å². The number of thiophene rings is 1. The topological polar surface area (TPSA) is 71.3 Å². The molecule has 142 valence electrons. The lowest BCUT2D eigenvalue weighted by Crippen LogP contribution is -2.26. The number of hydrogen-bond donors (Lipinski definition) is 1. The van der Waals surface area contributed by atoms with Gasteiger partial charge in [0, 0.05) is 41.0 Å². The number of benzene rings is 1. The first-order valence-electron chi connectivity index (χ1n) is 9.01. The molecule has 1 N–H and O–H groups in total. The predicted molar refractivity (Wildman–Crippen MR) is 107 cm³/mol. The Morgan fingerprint density at radius 2 is 2.15 bits per heavy atom. The maximum absolute atomic E-state index is 12.7. The molecule has 0 saturated heterocycles. The predicted octanol–water partition coefficient (Wildman–Crippen LogP) is 4.28. The van der Waals surface area contributed by atoms with Gasteiger partial charge in [-0.1, -0.05) is 18.1 Å². The molecule has 6 nitrogen and oxygen atoms in total. The summed E-state index contributed by atoms with van der Waals surface area (Å²) in [5.41, 5.74) is 1.54. The molecular weight excluding hydrogens is 360 g/mol. The molecular formula is C20H24N4O2S. The van der Waals surface area contributed by atoms with E-state index in [4.69, 9.17) is 4.52 Å². The summed E-state index contributed by atoms with van der Waals surface area (Å²) in [5.74, 6) is 1.06. The summed E-state index contributed by atoms with van der Waals surface area (Å²) in [7, 11) is 1.74. The highest BCUT2D eigenvalue weighted by molar-refractivity contribution is 7.11. The molecule has 0 atom stereocenters. The molecule has 0 radical (unpaired) electrons. The molecule has 0 aliphatic carbocycles. The number of carbonyl (C=O) groups is 1. The number of carbonyl (C=O) groups excluding carboxylic acids is 1. The molecule has 0 aliphatic rings. The Balaban J connectivity index is 1.61. The SMILES string of the molecule is CCCc1noc(CN(C)C(=O)c2cccc(NCc3ccc(C)s3)c2)n1. The smallest absolute Gasteiger partial charge is 0.254 e. The van der Waals surface area contributed by atoms with Gasteiger partial charge in [-0.2, -0.15) is 4.98 Å². The van der Waals surface area contributed by atoms with Crippen molar-refractivity contribution in [1.82, 2.24) is 15.0 Å². The molecule has 0 bridgehead atoms. The molecule has 1 amide bonds. The highest BCUT2D eigenvalue weighted by atomic mass is 32.1. The van der Waals surface area contributed by atoms with Crippen LogP contribution in [0.5, 0.6) is 0 Å². The van der Waals surface area contributed by atoms with Gasteiger partial charge < -0.3 is 14.7 Å². The molecule has 0 fully saturated rings. The lowest BCUT2D eigenvalue weighted by molar-refractivity contribution is 0.0769. The monoisotopic (exact) mass is 384 g/mol. The quantitative estimate of drug-likeness (QED) is 0.628. The van der Waals surface area contributed by atoms with Crippen molar-refractivity contribution < 1.29 is 9.32 Å². The van der Waals surface area contributed by atoms with Crippen LogP contribution in [0.2, 0.25) is 0 Å². The van der Waals surface area contributed by atoms with E-state index in [-0.39, 0.29) is 5.91 Å². The highest BCUT2D eigenvalue weighted by Gasteiger charge is 2.16. The van der Waals surface area contributed by atoms with E-state index in [1.807, 2.05) is 24.3 Å². The second-order valence-corrected chi connectivity index (χ2v) is 7.83. The number of nitrogens with one attached hydrogen (secondary N) is 1. The minimum absolute atomic E-state index is 0.0825.